The first-order valence-corrected chi connectivity index (χ1v) is 13.5. The lowest BCUT2D eigenvalue weighted by Gasteiger charge is -2.21. The van der Waals surface area contributed by atoms with E-state index in [1.807, 2.05) is 0 Å². The largest absolute Gasteiger partial charge is 0.382 e. The third-order valence-corrected chi connectivity index (χ3v) is 7.70. The van der Waals surface area contributed by atoms with Gasteiger partial charge < -0.3 is 9.53 Å². The summed E-state index contributed by atoms with van der Waals surface area (Å²) in [6.07, 6.45) is 25.2. The van der Waals surface area contributed by atoms with Crippen LogP contribution in [0.3, 0.4) is 0 Å². The Hall–Kier alpha value is -0.153. The van der Waals surface area contributed by atoms with Crippen LogP contribution in [0.5, 0.6) is 0 Å². The van der Waals surface area contributed by atoms with Crippen LogP contribution in [0.2, 0.25) is 0 Å². The van der Waals surface area contributed by atoms with Gasteiger partial charge in [0.1, 0.15) is 14.9 Å². The van der Waals surface area contributed by atoms with Crippen LogP contribution in [-0.4, -0.2) is 27.3 Å². The molecule has 1 rings (SSSR count). The van der Waals surface area contributed by atoms with Gasteiger partial charge in [0.2, 0.25) is 0 Å². The molecule has 2 nitrogen and oxygen atoms in total. The summed E-state index contributed by atoms with van der Waals surface area (Å²) in [6, 6.07) is 0. The van der Waals surface area contributed by atoms with Crippen molar-refractivity contribution in [3.05, 3.63) is 0 Å². The Morgan fingerprint density at radius 3 is 1.73 bits per heavy atom. The zero-order valence-corrected chi connectivity index (χ0v) is 19.2. The van der Waals surface area contributed by atoms with Crippen molar-refractivity contribution < 1.29 is 9.53 Å². The van der Waals surface area contributed by atoms with Crippen LogP contribution in [0.25, 0.3) is 0 Å². The molecule has 0 saturated carbocycles. The van der Waals surface area contributed by atoms with Gasteiger partial charge in [-0.15, -0.1) is 0 Å². The summed E-state index contributed by atoms with van der Waals surface area (Å²) in [4.78, 5) is 12.0. The molecule has 0 N–H and O–H groups in total. The van der Waals surface area contributed by atoms with Crippen LogP contribution >= 0.6 is 0 Å². The van der Waals surface area contributed by atoms with Gasteiger partial charge in [-0.3, -0.25) is 0 Å². The fourth-order valence-corrected chi connectivity index (χ4v) is 5.76. The van der Waals surface area contributed by atoms with E-state index < -0.39 is 9.52 Å². The molecule has 26 heavy (non-hydrogen) atoms. The average Bonchev–Trinajstić information content (AvgIpc) is 2.65. The number of carbonyl (C=O) groups is 1. The molecule has 1 atom stereocenters. The van der Waals surface area contributed by atoms with Gasteiger partial charge in [0.05, 0.1) is 5.73 Å². The van der Waals surface area contributed by atoms with Crippen LogP contribution < -0.4 is 0 Å². The van der Waals surface area contributed by atoms with Crippen LogP contribution in [-0.2, 0) is 9.53 Å². The summed E-state index contributed by atoms with van der Waals surface area (Å²) in [5.41, 5.74) is 0.368. The van der Waals surface area contributed by atoms with E-state index in [0.29, 0.717) is 11.1 Å². The number of rotatable bonds is 18. The van der Waals surface area contributed by atoms with E-state index in [0.717, 1.165) is 25.9 Å². The average molecular weight is 383 g/mol. The van der Waals surface area contributed by atoms with Crippen molar-refractivity contribution in [2.75, 3.05) is 6.61 Å². The Labute approximate surface area is 166 Å². The van der Waals surface area contributed by atoms with Gasteiger partial charge in [-0.05, 0) is 25.7 Å². The molecule has 1 aliphatic rings. The first kappa shape index (κ1) is 23.9. The second-order valence-corrected chi connectivity index (χ2v) is 10.5. The van der Waals surface area contributed by atoms with E-state index in [-0.39, 0.29) is 0 Å². The van der Waals surface area contributed by atoms with Crippen molar-refractivity contribution >= 4 is 14.9 Å². The van der Waals surface area contributed by atoms with E-state index in [4.69, 9.17) is 4.74 Å². The normalized spacial score (nSPS) is 18.0. The molecule has 0 radical (unpaired) electrons. The molecule has 0 aromatic carbocycles. The van der Waals surface area contributed by atoms with Gasteiger partial charge in [-0.25, -0.2) is 0 Å². The molecule has 1 aliphatic heterocycles. The van der Waals surface area contributed by atoms with E-state index >= 15 is 0 Å². The number of ether oxygens (including phenoxy) is 1. The lowest BCUT2D eigenvalue weighted by Crippen LogP contribution is -2.30. The van der Waals surface area contributed by atoms with Crippen LogP contribution in [0.1, 0.15) is 129 Å². The van der Waals surface area contributed by atoms with Gasteiger partial charge in [0, 0.05) is 13.0 Å². The predicted molar refractivity (Wildman–Crippen MR) is 117 cm³/mol. The molecule has 0 amide bonds. The minimum absolute atomic E-state index is 0.368. The Balaban J connectivity index is 1.73. The zero-order valence-electron chi connectivity index (χ0n) is 17.7. The van der Waals surface area contributed by atoms with Crippen LogP contribution in [0.15, 0.2) is 0 Å². The molecule has 1 heterocycles. The van der Waals surface area contributed by atoms with Crippen molar-refractivity contribution in [2.45, 2.75) is 135 Å². The Morgan fingerprint density at radius 2 is 1.27 bits per heavy atom. The summed E-state index contributed by atoms with van der Waals surface area (Å²) in [5.74, 6) is 0. The predicted octanol–water partition coefficient (Wildman–Crippen LogP) is 6.47. The molecule has 0 spiro atoms. The lowest BCUT2D eigenvalue weighted by atomic mass is 10.0. The van der Waals surface area contributed by atoms with Crippen molar-refractivity contribution in [1.29, 1.82) is 0 Å². The first-order valence-electron chi connectivity index (χ1n) is 12.0. The van der Waals surface area contributed by atoms with E-state index in [9.17, 15) is 4.79 Å². The van der Waals surface area contributed by atoms with Crippen molar-refractivity contribution in [3.63, 3.8) is 0 Å². The Bertz CT molecular complexity index is 313. The third-order valence-electron chi connectivity index (χ3n) is 5.79. The first-order chi connectivity index (χ1) is 12.8. The molecule has 1 fully saturated rings. The van der Waals surface area contributed by atoms with Crippen molar-refractivity contribution in [2.24, 2.45) is 0 Å². The maximum absolute atomic E-state index is 12.0. The van der Waals surface area contributed by atoms with Crippen molar-refractivity contribution in [3.8, 4) is 0 Å². The fraction of sp³-hybridized carbons (Fsp3) is 0.957. The summed E-state index contributed by atoms with van der Waals surface area (Å²) in [6.45, 7) is 3.18. The molecular weight excluding hydrogens is 336 g/mol. The molecule has 3 heteroatoms. The minimum Gasteiger partial charge on any atom is -0.382 e. The van der Waals surface area contributed by atoms with E-state index in [1.165, 1.54) is 103 Å². The van der Waals surface area contributed by atoms with Crippen LogP contribution in [0, 0.1) is 0 Å². The van der Waals surface area contributed by atoms with Gasteiger partial charge in [0.25, 0.3) is 0 Å². The Morgan fingerprint density at radius 1 is 0.769 bits per heavy atom. The maximum Gasteiger partial charge on any atom is 0.134 e. The smallest absolute Gasteiger partial charge is 0.134 e. The molecular formula is C23H46O2Si. The van der Waals surface area contributed by atoms with Crippen LogP contribution in [0.4, 0.5) is 0 Å². The maximum atomic E-state index is 12.0. The van der Waals surface area contributed by atoms with Gasteiger partial charge in [0.15, 0.2) is 0 Å². The van der Waals surface area contributed by atoms with E-state index in [1.54, 1.807) is 0 Å². The molecule has 154 valence electrons. The highest BCUT2D eigenvalue weighted by atomic mass is 28.2. The minimum atomic E-state index is -0.636. The molecule has 1 unspecified atom stereocenters. The topological polar surface area (TPSA) is 26.3 Å². The van der Waals surface area contributed by atoms with E-state index in [2.05, 4.69) is 6.92 Å². The number of hydrogen-bond donors (Lipinski definition) is 0. The second kappa shape index (κ2) is 18.2. The third kappa shape index (κ3) is 15.0. The van der Waals surface area contributed by atoms with Gasteiger partial charge >= 0.3 is 0 Å². The fourth-order valence-electron chi connectivity index (χ4n) is 4.02. The molecule has 0 bridgehead atoms. The summed E-state index contributed by atoms with van der Waals surface area (Å²) >= 11 is 0. The standard InChI is InChI=1S/C23H46O2Si/c1-2-3-4-5-6-7-8-9-10-11-12-13-14-15-16-19-22(24)26-23-20-17-18-21-25-23/h23H,2-21,26H2,1H3. The van der Waals surface area contributed by atoms with Gasteiger partial charge in [-0.2, -0.15) is 0 Å². The SMILES string of the molecule is CCCCCCCCCCCCCCCCCC(=O)[SiH2]C1CCCCO1. The Kier molecular flexibility index (Phi) is 16.7. The highest BCUT2D eigenvalue weighted by molar-refractivity contribution is 6.74. The quantitative estimate of drug-likeness (QED) is 0.200. The molecule has 0 aromatic rings. The summed E-state index contributed by atoms with van der Waals surface area (Å²) in [7, 11) is -0.636. The summed E-state index contributed by atoms with van der Waals surface area (Å²) in [5, 5.41) is 0.562. The number of hydrogen-bond acceptors (Lipinski definition) is 2. The highest BCUT2D eigenvalue weighted by Gasteiger charge is 2.17. The highest BCUT2D eigenvalue weighted by Crippen LogP contribution is 2.15. The molecule has 0 aromatic heterocycles. The summed E-state index contributed by atoms with van der Waals surface area (Å²) < 4.78 is 5.72. The molecule has 0 aliphatic carbocycles. The monoisotopic (exact) mass is 382 g/mol. The zero-order chi connectivity index (χ0) is 18.7. The second-order valence-electron chi connectivity index (χ2n) is 8.43. The van der Waals surface area contributed by atoms with Gasteiger partial charge in [-0.1, -0.05) is 96.8 Å². The number of unbranched alkanes of at least 4 members (excludes halogenated alkanes) is 14. The lowest BCUT2D eigenvalue weighted by molar-refractivity contribution is -0.112. The number of carbonyl (C=O) groups excluding carboxylic acids is 1. The van der Waals surface area contributed by atoms with Crippen molar-refractivity contribution in [1.82, 2.24) is 0 Å². The molecule has 1 saturated heterocycles.